The molecule has 0 bridgehead atoms. The average molecular weight is 467 g/mol. The second-order valence-corrected chi connectivity index (χ2v) is 8.22. The summed E-state index contributed by atoms with van der Waals surface area (Å²) in [6.07, 6.45) is 0. The monoisotopic (exact) mass is 467 g/mol. The van der Waals surface area contributed by atoms with Gasteiger partial charge in [0.15, 0.2) is 6.61 Å². The van der Waals surface area contributed by atoms with Crippen LogP contribution in [0.5, 0.6) is 5.75 Å². The van der Waals surface area contributed by atoms with Crippen LogP contribution in [0.15, 0.2) is 65.2 Å². The van der Waals surface area contributed by atoms with Crippen molar-refractivity contribution in [1.82, 2.24) is 10.1 Å². The number of hydrogen-bond acceptors (Lipinski definition) is 6. The molecule has 0 aliphatic rings. The topological polar surface area (TPSA) is 94.3 Å². The summed E-state index contributed by atoms with van der Waals surface area (Å²) in [5.41, 5.74) is -5.11. The summed E-state index contributed by atoms with van der Waals surface area (Å²) < 4.78 is 85.7. The standard InChI is InChI=1S/C20H13F4N3O4S/c21-14-6-4-12(5-7-14)19-25-18(31-26-19)11-30-17-3-1-2-13-10-15(8-9-16(13)17)27-32(28,29)20(22,23)24/h1-10,27H,11H2. The van der Waals surface area contributed by atoms with Crippen LogP contribution in [0.4, 0.5) is 23.2 Å². The number of ether oxygens (including phenoxy) is 1. The van der Waals surface area contributed by atoms with E-state index in [0.717, 1.165) is 0 Å². The van der Waals surface area contributed by atoms with Gasteiger partial charge in [-0.15, -0.1) is 0 Å². The number of aromatic nitrogens is 2. The summed E-state index contributed by atoms with van der Waals surface area (Å²) >= 11 is 0. The molecule has 0 aliphatic carbocycles. The SMILES string of the molecule is O=S(=O)(Nc1ccc2c(OCc3nc(-c4ccc(F)cc4)no3)cccc2c1)C(F)(F)F. The molecule has 1 aromatic heterocycles. The summed E-state index contributed by atoms with van der Waals surface area (Å²) in [6, 6.07) is 14.2. The number of halogens is 4. The molecule has 166 valence electrons. The number of alkyl halides is 3. The van der Waals surface area contributed by atoms with Gasteiger partial charge >= 0.3 is 15.5 Å². The maximum absolute atomic E-state index is 13.0. The Morgan fingerprint density at radius 1 is 1.03 bits per heavy atom. The van der Waals surface area contributed by atoms with Crippen LogP contribution in [0.25, 0.3) is 22.2 Å². The zero-order valence-corrected chi connectivity index (χ0v) is 16.7. The van der Waals surface area contributed by atoms with Crippen molar-refractivity contribution >= 4 is 26.5 Å². The zero-order valence-electron chi connectivity index (χ0n) is 15.9. The van der Waals surface area contributed by atoms with Crippen molar-refractivity contribution < 1.29 is 35.2 Å². The maximum atomic E-state index is 13.0. The van der Waals surface area contributed by atoms with Gasteiger partial charge < -0.3 is 9.26 Å². The number of hydrogen-bond donors (Lipinski definition) is 1. The van der Waals surface area contributed by atoms with Gasteiger partial charge in [-0.1, -0.05) is 17.3 Å². The van der Waals surface area contributed by atoms with E-state index in [1.54, 1.807) is 18.2 Å². The molecule has 0 amide bonds. The molecular formula is C20H13F4N3O4S. The van der Waals surface area contributed by atoms with Gasteiger partial charge in [0.05, 0.1) is 0 Å². The highest BCUT2D eigenvalue weighted by atomic mass is 32.2. The molecule has 0 atom stereocenters. The Kier molecular flexibility index (Phi) is 5.46. The lowest BCUT2D eigenvalue weighted by molar-refractivity contribution is -0.0429. The van der Waals surface area contributed by atoms with Crippen molar-refractivity contribution in [3.63, 3.8) is 0 Å². The molecule has 0 fully saturated rings. The van der Waals surface area contributed by atoms with Crippen molar-refractivity contribution in [2.75, 3.05) is 4.72 Å². The molecule has 0 aliphatic heterocycles. The molecule has 1 N–H and O–H groups in total. The van der Waals surface area contributed by atoms with Crippen LogP contribution in [-0.2, 0) is 16.6 Å². The van der Waals surface area contributed by atoms with Gasteiger partial charge in [0.1, 0.15) is 11.6 Å². The van der Waals surface area contributed by atoms with Crippen LogP contribution in [0.2, 0.25) is 0 Å². The van der Waals surface area contributed by atoms with Crippen LogP contribution >= 0.6 is 0 Å². The van der Waals surface area contributed by atoms with Crippen molar-refractivity contribution in [2.24, 2.45) is 0 Å². The molecule has 0 spiro atoms. The fourth-order valence-corrected chi connectivity index (χ4v) is 3.38. The number of benzene rings is 3. The number of rotatable bonds is 6. The number of nitrogens with one attached hydrogen (secondary N) is 1. The zero-order chi connectivity index (χ0) is 22.9. The minimum Gasteiger partial charge on any atom is -0.483 e. The normalized spacial score (nSPS) is 12.1. The van der Waals surface area contributed by atoms with E-state index in [2.05, 4.69) is 10.1 Å². The van der Waals surface area contributed by atoms with E-state index in [9.17, 15) is 26.0 Å². The van der Waals surface area contributed by atoms with Gasteiger partial charge in [-0.05, 0) is 53.9 Å². The Labute approximate surface area is 178 Å². The predicted octanol–water partition coefficient (Wildman–Crippen LogP) is 4.87. The largest absolute Gasteiger partial charge is 0.516 e. The third-order valence-corrected chi connectivity index (χ3v) is 5.43. The summed E-state index contributed by atoms with van der Waals surface area (Å²) in [7, 11) is -5.53. The van der Waals surface area contributed by atoms with E-state index in [-0.39, 0.29) is 24.0 Å². The number of sulfonamides is 1. The van der Waals surface area contributed by atoms with E-state index < -0.39 is 21.3 Å². The summed E-state index contributed by atoms with van der Waals surface area (Å²) in [6.45, 7) is -0.101. The Bertz CT molecular complexity index is 1370. The first-order chi connectivity index (χ1) is 15.1. The third kappa shape index (κ3) is 4.49. The van der Waals surface area contributed by atoms with Gasteiger partial charge in [-0.2, -0.15) is 26.6 Å². The van der Waals surface area contributed by atoms with Crippen LogP contribution in [0, 0.1) is 5.82 Å². The van der Waals surface area contributed by atoms with Crippen molar-refractivity contribution in [3.05, 3.63) is 72.4 Å². The van der Waals surface area contributed by atoms with Gasteiger partial charge in [0.25, 0.3) is 5.89 Å². The second kappa shape index (κ2) is 8.11. The maximum Gasteiger partial charge on any atom is 0.516 e. The molecule has 0 saturated heterocycles. The molecule has 1 heterocycles. The number of nitrogens with zero attached hydrogens (tertiary/aromatic N) is 2. The first-order valence-corrected chi connectivity index (χ1v) is 10.4. The summed E-state index contributed by atoms with van der Waals surface area (Å²) in [4.78, 5) is 4.17. The Hall–Kier alpha value is -3.67. The fraction of sp³-hybridized carbons (Fsp3) is 0.100. The third-order valence-electron chi connectivity index (χ3n) is 4.32. The summed E-state index contributed by atoms with van der Waals surface area (Å²) in [5.74, 6) is 0.374. The van der Waals surface area contributed by atoms with Crippen LogP contribution < -0.4 is 9.46 Å². The predicted molar refractivity (Wildman–Crippen MR) is 107 cm³/mol. The fourth-order valence-electron chi connectivity index (χ4n) is 2.83. The van der Waals surface area contributed by atoms with E-state index in [1.165, 1.54) is 47.2 Å². The smallest absolute Gasteiger partial charge is 0.483 e. The van der Waals surface area contributed by atoms with E-state index >= 15 is 0 Å². The number of fused-ring (bicyclic) bond motifs is 1. The van der Waals surface area contributed by atoms with Gasteiger partial charge in [0, 0.05) is 16.6 Å². The quantitative estimate of drug-likeness (QED) is 0.407. The molecule has 4 aromatic rings. The van der Waals surface area contributed by atoms with Crippen molar-refractivity contribution in [1.29, 1.82) is 0 Å². The molecule has 4 rings (SSSR count). The van der Waals surface area contributed by atoms with Crippen LogP contribution in [0.3, 0.4) is 0 Å². The molecule has 7 nitrogen and oxygen atoms in total. The minimum absolute atomic E-state index is 0.101. The molecule has 12 heteroatoms. The Morgan fingerprint density at radius 3 is 2.50 bits per heavy atom. The molecule has 0 radical (unpaired) electrons. The average Bonchev–Trinajstić information content (AvgIpc) is 3.20. The second-order valence-electron chi connectivity index (χ2n) is 6.55. The van der Waals surface area contributed by atoms with Crippen LogP contribution in [0.1, 0.15) is 5.89 Å². The van der Waals surface area contributed by atoms with E-state index in [1.807, 2.05) is 0 Å². The molecule has 3 aromatic carbocycles. The molecule has 32 heavy (non-hydrogen) atoms. The Balaban J connectivity index is 1.51. The lowest BCUT2D eigenvalue weighted by atomic mass is 10.1. The van der Waals surface area contributed by atoms with Gasteiger partial charge in [-0.25, -0.2) is 4.39 Å². The van der Waals surface area contributed by atoms with Crippen molar-refractivity contribution in [2.45, 2.75) is 12.1 Å². The molecule has 0 saturated carbocycles. The highest BCUT2D eigenvalue weighted by Gasteiger charge is 2.46. The minimum atomic E-state index is -5.53. The Morgan fingerprint density at radius 2 is 1.78 bits per heavy atom. The lowest BCUT2D eigenvalue weighted by Crippen LogP contribution is -2.29. The van der Waals surface area contributed by atoms with Crippen LogP contribution in [-0.4, -0.2) is 24.1 Å². The molecule has 0 unspecified atom stereocenters. The highest BCUT2D eigenvalue weighted by Crippen LogP contribution is 2.31. The van der Waals surface area contributed by atoms with Gasteiger partial charge in [-0.3, -0.25) is 4.72 Å². The molecular weight excluding hydrogens is 454 g/mol. The van der Waals surface area contributed by atoms with Crippen molar-refractivity contribution in [3.8, 4) is 17.1 Å². The number of anilines is 1. The lowest BCUT2D eigenvalue weighted by Gasteiger charge is -2.12. The first kappa shape index (κ1) is 21.6. The van der Waals surface area contributed by atoms with E-state index in [4.69, 9.17) is 9.26 Å². The highest BCUT2D eigenvalue weighted by molar-refractivity contribution is 7.93. The first-order valence-electron chi connectivity index (χ1n) is 8.95. The van der Waals surface area contributed by atoms with E-state index in [0.29, 0.717) is 22.1 Å². The van der Waals surface area contributed by atoms with Gasteiger partial charge in [0.2, 0.25) is 5.82 Å². The summed E-state index contributed by atoms with van der Waals surface area (Å²) in [5, 5.41) is 4.79.